The third-order valence-corrected chi connectivity index (χ3v) is 4.47. The molecule has 0 aliphatic carbocycles. The predicted molar refractivity (Wildman–Crippen MR) is 80.7 cm³/mol. The van der Waals surface area contributed by atoms with Crippen LogP contribution in [0.15, 0.2) is 36.4 Å². The molecule has 0 aliphatic rings. The zero-order valence-electron chi connectivity index (χ0n) is 10.3. The molecule has 1 N–H and O–H groups in total. The molecule has 1 aromatic heterocycles. The lowest BCUT2D eigenvalue weighted by Crippen LogP contribution is -2.22. The molecule has 96 valence electrons. The Morgan fingerprint density at radius 3 is 2.28 bits per heavy atom. The molecule has 1 aromatic carbocycles. The van der Waals surface area contributed by atoms with Gasteiger partial charge in [-0.2, -0.15) is 0 Å². The molecular formula is C14H15Cl2NS. The van der Waals surface area contributed by atoms with Gasteiger partial charge in [-0.25, -0.2) is 0 Å². The van der Waals surface area contributed by atoms with Crippen molar-refractivity contribution >= 4 is 34.5 Å². The molecule has 4 heteroatoms. The van der Waals surface area contributed by atoms with Gasteiger partial charge in [-0.1, -0.05) is 53.5 Å². The Kier molecular flexibility index (Phi) is 4.68. The van der Waals surface area contributed by atoms with Crippen molar-refractivity contribution < 1.29 is 0 Å². The topological polar surface area (TPSA) is 12.0 Å². The van der Waals surface area contributed by atoms with Crippen LogP contribution < -0.4 is 5.32 Å². The van der Waals surface area contributed by atoms with E-state index in [9.17, 15) is 0 Å². The zero-order chi connectivity index (χ0) is 13.1. The fourth-order valence-electron chi connectivity index (χ4n) is 1.95. The fourth-order valence-corrected chi connectivity index (χ4v) is 3.60. The summed E-state index contributed by atoms with van der Waals surface area (Å²) in [6, 6.07) is 12.7. The van der Waals surface area contributed by atoms with Gasteiger partial charge in [-0.3, -0.25) is 0 Å². The van der Waals surface area contributed by atoms with Crippen molar-refractivity contribution in [3.05, 3.63) is 56.2 Å². The van der Waals surface area contributed by atoms with Gasteiger partial charge < -0.3 is 5.32 Å². The average molecular weight is 300 g/mol. The van der Waals surface area contributed by atoms with Crippen LogP contribution in [0.5, 0.6) is 0 Å². The van der Waals surface area contributed by atoms with Crippen molar-refractivity contribution in [1.29, 1.82) is 0 Å². The van der Waals surface area contributed by atoms with Gasteiger partial charge in [0.2, 0.25) is 0 Å². The summed E-state index contributed by atoms with van der Waals surface area (Å²) < 4.78 is 1.50. The highest BCUT2D eigenvalue weighted by molar-refractivity contribution is 7.20. The van der Waals surface area contributed by atoms with Crippen LogP contribution in [-0.2, 0) is 0 Å². The fraction of sp³-hybridized carbons (Fsp3) is 0.286. The van der Waals surface area contributed by atoms with E-state index in [4.69, 9.17) is 23.2 Å². The maximum absolute atomic E-state index is 6.16. The molecule has 0 bridgehead atoms. The van der Waals surface area contributed by atoms with Gasteiger partial charge >= 0.3 is 0 Å². The molecule has 0 saturated heterocycles. The summed E-state index contributed by atoms with van der Waals surface area (Å²) in [6.45, 7) is 4.25. The lowest BCUT2D eigenvalue weighted by molar-refractivity contribution is 0.496. The van der Waals surface area contributed by atoms with Crippen LogP contribution in [0.2, 0.25) is 8.67 Å². The molecule has 0 radical (unpaired) electrons. The molecular weight excluding hydrogens is 285 g/mol. The molecule has 0 saturated carbocycles. The van der Waals surface area contributed by atoms with E-state index < -0.39 is 0 Å². The van der Waals surface area contributed by atoms with Crippen LogP contribution in [0.4, 0.5) is 0 Å². The summed E-state index contributed by atoms with van der Waals surface area (Å²) in [4.78, 5) is 0. The molecule has 1 heterocycles. The van der Waals surface area contributed by atoms with Crippen LogP contribution in [-0.4, -0.2) is 0 Å². The summed E-state index contributed by atoms with van der Waals surface area (Å²) in [5.41, 5.74) is 2.33. The predicted octanol–water partition coefficient (Wildman–Crippen LogP) is 5.47. The van der Waals surface area contributed by atoms with Crippen LogP contribution in [0, 0.1) is 0 Å². The zero-order valence-corrected chi connectivity index (χ0v) is 12.6. The van der Waals surface area contributed by atoms with Crippen molar-refractivity contribution in [2.75, 3.05) is 0 Å². The number of halogens is 2. The van der Waals surface area contributed by atoms with E-state index >= 15 is 0 Å². The summed E-state index contributed by atoms with van der Waals surface area (Å²) in [6.07, 6.45) is 0. The first-order chi connectivity index (χ1) is 8.58. The first-order valence-corrected chi connectivity index (χ1v) is 7.41. The minimum Gasteiger partial charge on any atom is -0.304 e. The SMILES string of the molecule is CC(NC(C)c1cc(Cl)sc1Cl)c1ccccc1. The number of benzene rings is 1. The number of thiophene rings is 1. The standard InChI is InChI=1S/C14H15Cl2NS/c1-9(11-6-4-3-5-7-11)17-10(2)12-8-13(15)18-14(12)16/h3-10,17H,1-2H3. The highest BCUT2D eigenvalue weighted by Gasteiger charge is 2.15. The molecule has 0 amide bonds. The van der Waals surface area contributed by atoms with Crippen LogP contribution >= 0.6 is 34.5 Å². The van der Waals surface area contributed by atoms with Crippen LogP contribution in [0.1, 0.15) is 37.1 Å². The molecule has 2 aromatic rings. The second-order valence-electron chi connectivity index (χ2n) is 4.30. The van der Waals surface area contributed by atoms with Gasteiger partial charge in [0.05, 0.1) is 8.67 Å². The van der Waals surface area contributed by atoms with Crippen molar-refractivity contribution in [3.8, 4) is 0 Å². The van der Waals surface area contributed by atoms with Gasteiger partial charge in [0.25, 0.3) is 0 Å². The molecule has 2 unspecified atom stereocenters. The minimum atomic E-state index is 0.177. The third-order valence-electron chi connectivity index (χ3n) is 2.95. The Labute approximate surface area is 122 Å². The largest absolute Gasteiger partial charge is 0.304 e. The van der Waals surface area contributed by atoms with E-state index in [0.29, 0.717) is 0 Å². The van der Waals surface area contributed by atoms with Gasteiger partial charge in [0, 0.05) is 12.1 Å². The Balaban J connectivity index is 2.08. The lowest BCUT2D eigenvalue weighted by Gasteiger charge is -2.20. The molecule has 18 heavy (non-hydrogen) atoms. The Hall–Kier alpha value is -0.540. The van der Waals surface area contributed by atoms with Crippen molar-refractivity contribution in [1.82, 2.24) is 5.32 Å². The van der Waals surface area contributed by atoms with Gasteiger partial charge in [0.15, 0.2) is 0 Å². The number of hydrogen-bond donors (Lipinski definition) is 1. The van der Waals surface area contributed by atoms with E-state index in [2.05, 4.69) is 31.3 Å². The normalized spacial score (nSPS) is 14.4. The van der Waals surface area contributed by atoms with Gasteiger partial charge in [0.1, 0.15) is 0 Å². The summed E-state index contributed by atoms with van der Waals surface area (Å²) in [7, 11) is 0. The molecule has 2 rings (SSSR count). The molecule has 0 aliphatic heterocycles. The first-order valence-electron chi connectivity index (χ1n) is 5.83. The summed E-state index contributed by atoms with van der Waals surface area (Å²) >= 11 is 13.5. The number of hydrogen-bond acceptors (Lipinski definition) is 2. The molecule has 1 nitrogen and oxygen atoms in total. The number of nitrogens with one attached hydrogen (secondary N) is 1. The Morgan fingerprint density at radius 1 is 1.06 bits per heavy atom. The maximum Gasteiger partial charge on any atom is 0.0991 e. The van der Waals surface area contributed by atoms with Crippen molar-refractivity contribution in [3.63, 3.8) is 0 Å². The van der Waals surface area contributed by atoms with Crippen molar-refractivity contribution in [2.24, 2.45) is 0 Å². The quantitative estimate of drug-likeness (QED) is 0.789. The summed E-state index contributed by atoms with van der Waals surface area (Å²) in [5, 5.41) is 3.53. The Morgan fingerprint density at radius 2 is 1.72 bits per heavy atom. The van der Waals surface area contributed by atoms with Crippen LogP contribution in [0.25, 0.3) is 0 Å². The van der Waals surface area contributed by atoms with Gasteiger partial charge in [-0.15, -0.1) is 11.3 Å². The van der Waals surface area contributed by atoms with E-state index in [-0.39, 0.29) is 12.1 Å². The van der Waals surface area contributed by atoms with E-state index in [1.54, 1.807) is 0 Å². The smallest absolute Gasteiger partial charge is 0.0991 e. The Bertz CT molecular complexity index is 510. The second-order valence-corrected chi connectivity index (χ2v) is 6.59. The minimum absolute atomic E-state index is 0.177. The second kappa shape index (κ2) is 6.07. The monoisotopic (exact) mass is 299 g/mol. The maximum atomic E-state index is 6.16. The molecule has 0 fully saturated rings. The van der Waals surface area contributed by atoms with Gasteiger partial charge in [-0.05, 0) is 31.0 Å². The van der Waals surface area contributed by atoms with Crippen LogP contribution in [0.3, 0.4) is 0 Å². The van der Waals surface area contributed by atoms with E-state index in [1.165, 1.54) is 16.9 Å². The molecule has 0 spiro atoms. The highest BCUT2D eigenvalue weighted by Crippen LogP contribution is 2.35. The number of rotatable bonds is 4. The first kappa shape index (κ1) is 13.9. The lowest BCUT2D eigenvalue weighted by atomic mass is 10.1. The van der Waals surface area contributed by atoms with Crippen molar-refractivity contribution in [2.45, 2.75) is 25.9 Å². The highest BCUT2D eigenvalue weighted by atomic mass is 35.5. The van der Waals surface area contributed by atoms with E-state index in [0.717, 1.165) is 14.2 Å². The molecule has 2 atom stereocenters. The van der Waals surface area contributed by atoms with E-state index in [1.807, 2.05) is 24.3 Å². The third kappa shape index (κ3) is 3.27. The average Bonchev–Trinajstić information content (AvgIpc) is 2.69. The summed E-state index contributed by atoms with van der Waals surface area (Å²) in [5.74, 6) is 0.